The molecular weight excluding hydrogens is 244 g/mol. The van der Waals surface area contributed by atoms with Crippen LogP contribution in [0.25, 0.3) is 10.8 Å². The SMILES string of the molecule is C[C@@H]1CNC/C=C\CN1Cc1ccc2ccccc2c1. The van der Waals surface area contributed by atoms with E-state index in [1.807, 2.05) is 0 Å². The highest BCUT2D eigenvalue weighted by Gasteiger charge is 2.14. The Morgan fingerprint density at radius 3 is 2.85 bits per heavy atom. The van der Waals surface area contributed by atoms with Crippen molar-refractivity contribution in [1.29, 1.82) is 0 Å². The van der Waals surface area contributed by atoms with E-state index in [2.05, 4.69) is 71.8 Å². The molecule has 1 heterocycles. The average molecular weight is 266 g/mol. The van der Waals surface area contributed by atoms with Gasteiger partial charge in [0.15, 0.2) is 0 Å². The first-order valence-electron chi connectivity index (χ1n) is 7.40. The lowest BCUT2D eigenvalue weighted by atomic mass is 10.1. The van der Waals surface area contributed by atoms with E-state index in [-0.39, 0.29) is 0 Å². The molecule has 2 aromatic rings. The van der Waals surface area contributed by atoms with E-state index < -0.39 is 0 Å². The second kappa shape index (κ2) is 6.21. The summed E-state index contributed by atoms with van der Waals surface area (Å²) in [6.07, 6.45) is 4.49. The van der Waals surface area contributed by atoms with Gasteiger partial charge in [0.25, 0.3) is 0 Å². The normalized spacial score (nSPS) is 22.4. The van der Waals surface area contributed by atoms with Gasteiger partial charge >= 0.3 is 0 Å². The zero-order valence-corrected chi connectivity index (χ0v) is 12.0. The van der Waals surface area contributed by atoms with Gasteiger partial charge in [0.05, 0.1) is 0 Å². The number of hydrogen-bond donors (Lipinski definition) is 1. The third-order valence-corrected chi connectivity index (χ3v) is 4.03. The fourth-order valence-electron chi connectivity index (χ4n) is 2.77. The first-order valence-corrected chi connectivity index (χ1v) is 7.40. The lowest BCUT2D eigenvalue weighted by molar-refractivity contribution is 0.216. The Balaban J connectivity index is 1.80. The van der Waals surface area contributed by atoms with E-state index in [1.54, 1.807) is 0 Å². The van der Waals surface area contributed by atoms with Gasteiger partial charge in [-0.15, -0.1) is 0 Å². The Morgan fingerprint density at radius 2 is 1.95 bits per heavy atom. The van der Waals surface area contributed by atoms with Gasteiger partial charge in [-0.1, -0.05) is 48.6 Å². The average Bonchev–Trinajstić information content (AvgIpc) is 2.47. The third-order valence-electron chi connectivity index (χ3n) is 4.03. The number of rotatable bonds is 2. The predicted molar refractivity (Wildman–Crippen MR) is 85.8 cm³/mol. The highest BCUT2D eigenvalue weighted by molar-refractivity contribution is 5.82. The van der Waals surface area contributed by atoms with Crippen molar-refractivity contribution in [2.24, 2.45) is 0 Å². The lowest BCUT2D eigenvalue weighted by Crippen LogP contribution is -2.41. The summed E-state index contributed by atoms with van der Waals surface area (Å²) in [4.78, 5) is 2.52. The second-order valence-corrected chi connectivity index (χ2v) is 5.59. The Bertz CT molecular complexity index is 603. The number of benzene rings is 2. The quantitative estimate of drug-likeness (QED) is 0.840. The van der Waals surface area contributed by atoms with E-state index in [0.717, 1.165) is 26.2 Å². The molecule has 20 heavy (non-hydrogen) atoms. The van der Waals surface area contributed by atoms with Crippen molar-refractivity contribution < 1.29 is 0 Å². The Labute approximate surface area is 121 Å². The Morgan fingerprint density at radius 1 is 1.10 bits per heavy atom. The summed E-state index contributed by atoms with van der Waals surface area (Å²) in [5, 5.41) is 6.10. The number of nitrogens with one attached hydrogen (secondary N) is 1. The molecule has 1 aliphatic heterocycles. The maximum Gasteiger partial charge on any atom is 0.0240 e. The largest absolute Gasteiger partial charge is 0.312 e. The first-order chi connectivity index (χ1) is 9.83. The molecule has 1 atom stereocenters. The smallest absolute Gasteiger partial charge is 0.0240 e. The Kier molecular flexibility index (Phi) is 4.14. The highest BCUT2D eigenvalue weighted by Crippen LogP contribution is 2.17. The van der Waals surface area contributed by atoms with Crippen molar-refractivity contribution in [2.75, 3.05) is 19.6 Å². The zero-order valence-electron chi connectivity index (χ0n) is 12.0. The maximum absolute atomic E-state index is 3.45. The number of hydrogen-bond acceptors (Lipinski definition) is 2. The van der Waals surface area contributed by atoms with Crippen molar-refractivity contribution in [3.63, 3.8) is 0 Å². The first kappa shape index (κ1) is 13.3. The topological polar surface area (TPSA) is 15.3 Å². The summed E-state index contributed by atoms with van der Waals surface area (Å²) >= 11 is 0. The molecule has 2 nitrogen and oxygen atoms in total. The van der Waals surface area contributed by atoms with Gasteiger partial charge in [0.1, 0.15) is 0 Å². The van der Waals surface area contributed by atoms with Gasteiger partial charge in [-0.05, 0) is 29.3 Å². The van der Waals surface area contributed by atoms with Crippen molar-refractivity contribution in [1.82, 2.24) is 10.2 Å². The summed E-state index contributed by atoms with van der Waals surface area (Å²) in [7, 11) is 0. The minimum atomic E-state index is 0.562. The molecule has 0 spiro atoms. The van der Waals surface area contributed by atoms with Gasteiger partial charge in [-0.2, -0.15) is 0 Å². The highest BCUT2D eigenvalue weighted by atomic mass is 15.2. The van der Waals surface area contributed by atoms with E-state index in [0.29, 0.717) is 6.04 Å². The van der Waals surface area contributed by atoms with Gasteiger partial charge < -0.3 is 5.32 Å². The summed E-state index contributed by atoms with van der Waals surface area (Å²) in [6.45, 7) is 6.40. The fourth-order valence-corrected chi connectivity index (χ4v) is 2.77. The number of fused-ring (bicyclic) bond motifs is 1. The van der Waals surface area contributed by atoms with Crippen LogP contribution in [0.1, 0.15) is 12.5 Å². The third kappa shape index (κ3) is 3.09. The van der Waals surface area contributed by atoms with Gasteiger partial charge in [-0.3, -0.25) is 4.90 Å². The van der Waals surface area contributed by atoms with Crippen molar-refractivity contribution in [2.45, 2.75) is 19.5 Å². The van der Waals surface area contributed by atoms with Crippen molar-refractivity contribution >= 4 is 10.8 Å². The van der Waals surface area contributed by atoms with E-state index in [9.17, 15) is 0 Å². The number of nitrogens with zero attached hydrogens (tertiary/aromatic N) is 1. The summed E-state index contributed by atoms with van der Waals surface area (Å²) < 4.78 is 0. The molecule has 3 rings (SSSR count). The van der Waals surface area contributed by atoms with Gasteiger partial charge in [0, 0.05) is 32.2 Å². The molecule has 1 N–H and O–H groups in total. The molecule has 0 aliphatic carbocycles. The van der Waals surface area contributed by atoms with Crippen LogP contribution in [-0.4, -0.2) is 30.6 Å². The van der Waals surface area contributed by atoms with E-state index in [4.69, 9.17) is 0 Å². The fraction of sp³-hybridized carbons (Fsp3) is 0.333. The second-order valence-electron chi connectivity index (χ2n) is 5.59. The van der Waals surface area contributed by atoms with Crippen LogP contribution in [0.15, 0.2) is 54.6 Å². The molecular formula is C18H22N2. The monoisotopic (exact) mass is 266 g/mol. The molecule has 0 amide bonds. The molecule has 0 unspecified atom stereocenters. The van der Waals surface area contributed by atoms with Crippen LogP contribution in [0.3, 0.4) is 0 Å². The molecule has 0 saturated heterocycles. The lowest BCUT2D eigenvalue weighted by Gasteiger charge is -2.29. The minimum Gasteiger partial charge on any atom is -0.312 e. The molecule has 104 valence electrons. The van der Waals surface area contributed by atoms with Crippen LogP contribution in [0, 0.1) is 0 Å². The van der Waals surface area contributed by atoms with Crippen LogP contribution < -0.4 is 5.32 Å². The maximum atomic E-state index is 3.45. The summed E-state index contributed by atoms with van der Waals surface area (Å²) in [6, 6.07) is 15.9. The molecule has 0 radical (unpaired) electrons. The van der Waals surface area contributed by atoms with Crippen molar-refractivity contribution in [3.8, 4) is 0 Å². The predicted octanol–water partition coefficient (Wildman–Crippen LogP) is 3.19. The molecule has 0 fully saturated rings. The van der Waals surface area contributed by atoms with Gasteiger partial charge in [0.2, 0.25) is 0 Å². The summed E-state index contributed by atoms with van der Waals surface area (Å²) in [5.74, 6) is 0. The van der Waals surface area contributed by atoms with Crippen LogP contribution in [0.5, 0.6) is 0 Å². The molecule has 0 aromatic heterocycles. The Hall–Kier alpha value is -1.64. The van der Waals surface area contributed by atoms with Crippen LogP contribution >= 0.6 is 0 Å². The van der Waals surface area contributed by atoms with Crippen LogP contribution in [0.2, 0.25) is 0 Å². The van der Waals surface area contributed by atoms with Gasteiger partial charge in [-0.25, -0.2) is 0 Å². The summed E-state index contributed by atoms with van der Waals surface area (Å²) in [5.41, 5.74) is 1.39. The molecule has 2 heteroatoms. The molecule has 1 aliphatic rings. The molecule has 0 bridgehead atoms. The van der Waals surface area contributed by atoms with Crippen molar-refractivity contribution in [3.05, 3.63) is 60.2 Å². The molecule has 0 saturated carbocycles. The molecule has 2 aromatic carbocycles. The van der Waals surface area contributed by atoms with Crippen LogP contribution in [0.4, 0.5) is 0 Å². The zero-order chi connectivity index (χ0) is 13.8. The van der Waals surface area contributed by atoms with E-state index >= 15 is 0 Å². The standard InChI is InChI=1S/C18H22N2/c1-15-13-19-10-4-5-11-20(15)14-16-8-9-17-6-2-3-7-18(17)12-16/h2-9,12,15,19H,10-11,13-14H2,1H3/b5-4-/t15-/m1/s1. The minimum absolute atomic E-state index is 0.562. The van der Waals surface area contributed by atoms with E-state index in [1.165, 1.54) is 16.3 Å². The van der Waals surface area contributed by atoms with Crippen LogP contribution in [-0.2, 0) is 6.54 Å².